The fourth-order valence-corrected chi connectivity index (χ4v) is 2.43. The largest absolute Gasteiger partial charge is 0.395 e. The molecule has 0 bridgehead atoms. The van der Waals surface area contributed by atoms with Gasteiger partial charge in [0.1, 0.15) is 5.82 Å². The van der Waals surface area contributed by atoms with E-state index in [1.807, 2.05) is 0 Å². The number of benzene rings is 1. The second kappa shape index (κ2) is 5.70. The first-order valence-corrected chi connectivity index (χ1v) is 6.72. The molecule has 0 unspecified atom stereocenters. The molecular formula is C15H20FNO2. The number of aliphatic hydroxyl groups is 1. The Bertz CT molecular complexity index is 464. The van der Waals surface area contributed by atoms with Gasteiger partial charge in [0, 0.05) is 6.54 Å². The first-order valence-electron chi connectivity index (χ1n) is 6.72. The summed E-state index contributed by atoms with van der Waals surface area (Å²) >= 11 is 0. The molecule has 0 saturated heterocycles. The molecule has 0 atom stereocenters. The van der Waals surface area contributed by atoms with Crippen LogP contribution in [0.5, 0.6) is 0 Å². The predicted molar refractivity (Wildman–Crippen MR) is 71.2 cm³/mol. The second-order valence-electron chi connectivity index (χ2n) is 5.38. The summed E-state index contributed by atoms with van der Waals surface area (Å²) in [6.45, 7) is 2.17. The predicted octanol–water partition coefficient (Wildman–Crippen LogP) is 1.96. The van der Waals surface area contributed by atoms with Gasteiger partial charge >= 0.3 is 0 Å². The van der Waals surface area contributed by atoms with Gasteiger partial charge in [0.2, 0.25) is 5.91 Å². The lowest BCUT2D eigenvalue weighted by molar-refractivity contribution is -0.139. The highest BCUT2D eigenvalue weighted by atomic mass is 19.1. The first-order chi connectivity index (χ1) is 9.07. The number of hydrogen-bond acceptors (Lipinski definition) is 2. The minimum absolute atomic E-state index is 0.0555. The van der Waals surface area contributed by atoms with Crippen molar-refractivity contribution in [2.45, 2.75) is 32.6 Å². The number of rotatable bonds is 5. The van der Waals surface area contributed by atoms with E-state index in [1.165, 1.54) is 6.07 Å². The Morgan fingerprint density at radius 1 is 1.47 bits per heavy atom. The zero-order valence-corrected chi connectivity index (χ0v) is 11.2. The molecule has 0 spiro atoms. The summed E-state index contributed by atoms with van der Waals surface area (Å²) in [6.07, 6.45) is 3.22. The molecule has 1 aliphatic carbocycles. The van der Waals surface area contributed by atoms with Crippen molar-refractivity contribution in [2.75, 3.05) is 13.2 Å². The number of amides is 1. The van der Waals surface area contributed by atoms with Crippen LogP contribution in [0.3, 0.4) is 0 Å². The summed E-state index contributed by atoms with van der Waals surface area (Å²) in [7, 11) is 0. The van der Waals surface area contributed by atoms with Crippen LogP contribution in [0, 0.1) is 18.2 Å². The van der Waals surface area contributed by atoms with Gasteiger partial charge in [-0.15, -0.1) is 0 Å². The fourth-order valence-electron chi connectivity index (χ4n) is 2.43. The molecule has 4 heteroatoms. The highest BCUT2D eigenvalue weighted by molar-refractivity contribution is 5.83. The van der Waals surface area contributed by atoms with Gasteiger partial charge < -0.3 is 10.4 Å². The van der Waals surface area contributed by atoms with E-state index in [9.17, 15) is 14.3 Å². The molecule has 2 N–H and O–H groups in total. The molecule has 0 radical (unpaired) electrons. The quantitative estimate of drug-likeness (QED) is 0.855. The second-order valence-corrected chi connectivity index (χ2v) is 5.38. The number of carbonyl (C=O) groups excluding carboxylic acids is 1. The maximum Gasteiger partial charge on any atom is 0.228 e. The van der Waals surface area contributed by atoms with Crippen molar-refractivity contribution >= 4 is 5.91 Å². The lowest BCUT2D eigenvalue weighted by Crippen LogP contribution is -2.48. The van der Waals surface area contributed by atoms with Crippen LogP contribution in [-0.4, -0.2) is 24.2 Å². The van der Waals surface area contributed by atoms with Crippen LogP contribution in [0.2, 0.25) is 0 Å². The smallest absolute Gasteiger partial charge is 0.228 e. The summed E-state index contributed by atoms with van der Waals surface area (Å²) in [4.78, 5) is 12.0. The van der Waals surface area contributed by atoms with Crippen LogP contribution >= 0.6 is 0 Å². The Morgan fingerprint density at radius 3 is 2.74 bits per heavy atom. The van der Waals surface area contributed by atoms with Crippen molar-refractivity contribution in [1.29, 1.82) is 0 Å². The van der Waals surface area contributed by atoms with E-state index in [4.69, 9.17) is 0 Å². The highest BCUT2D eigenvalue weighted by Crippen LogP contribution is 2.40. The fraction of sp³-hybridized carbons (Fsp3) is 0.533. The summed E-state index contributed by atoms with van der Waals surface area (Å²) in [5, 5.41) is 12.2. The Labute approximate surface area is 112 Å². The maximum atomic E-state index is 13.1. The lowest BCUT2D eigenvalue weighted by Gasteiger charge is -2.38. The molecule has 19 heavy (non-hydrogen) atoms. The third-order valence-corrected chi connectivity index (χ3v) is 4.02. The number of aliphatic hydroxyl groups excluding tert-OH is 1. The van der Waals surface area contributed by atoms with Crippen molar-refractivity contribution < 1.29 is 14.3 Å². The van der Waals surface area contributed by atoms with E-state index in [0.29, 0.717) is 18.5 Å². The summed E-state index contributed by atoms with van der Waals surface area (Å²) in [6, 6.07) is 4.99. The highest BCUT2D eigenvalue weighted by Gasteiger charge is 2.43. The van der Waals surface area contributed by atoms with E-state index in [0.717, 1.165) is 24.8 Å². The van der Waals surface area contributed by atoms with Crippen molar-refractivity contribution in [2.24, 2.45) is 5.41 Å². The molecule has 104 valence electrons. The monoisotopic (exact) mass is 265 g/mol. The van der Waals surface area contributed by atoms with Gasteiger partial charge in [-0.25, -0.2) is 4.39 Å². The third kappa shape index (κ3) is 2.95. The van der Waals surface area contributed by atoms with Gasteiger partial charge in [-0.05, 0) is 43.4 Å². The third-order valence-electron chi connectivity index (χ3n) is 4.02. The molecule has 1 aromatic rings. The van der Waals surface area contributed by atoms with Gasteiger partial charge in [0.15, 0.2) is 0 Å². The number of aryl methyl sites for hydroxylation is 1. The molecule has 2 rings (SSSR count). The van der Waals surface area contributed by atoms with E-state index in [1.54, 1.807) is 19.1 Å². The molecule has 0 aromatic heterocycles. The average Bonchev–Trinajstić information content (AvgIpc) is 2.33. The molecule has 1 aromatic carbocycles. The first kappa shape index (κ1) is 14.0. The van der Waals surface area contributed by atoms with Gasteiger partial charge in [0.25, 0.3) is 0 Å². The van der Waals surface area contributed by atoms with Crippen LogP contribution in [0.25, 0.3) is 0 Å². The van der Waals surface area contributed by atoms with E-state index in [2.05, 4.69) is 5.32 Å². The van der Waals surface area contributed by atoms with Crippen LogP contribution < -0.4 is 5.32 Å². The normalized spacial score (nSPS) is 16.8. The molecule has 3 nitrogen and oxygen atoms in total. The van der Waals surface area contributed by atoms with Crippen LogP contribution in [0.15, 0.2) is 18.2 Å². The summed E-state index contributed by atoms with van der Waals surface area (Å²) < 4.78 is 13.1. The van der Waals surface area contributed by atoms with Crippen LogP contribution in [0.4, 0.5) is 4.39 Å². The van der Waals surface area contributed by atoms with Crippen LogP contribution in [-0.2, 0) is 11.2 Å². The topological polar surface area (TPSA) is 49.3 Å². The van der Waals surface area contributed by atoms with Crippen molar-refractivity contribution in [3.63, 3.8) is 0 Å². The minimum atomic E-state index is -0.543. The van der Waals surface area contributed by atoms with Gasteiger partial charge in [-0.1, -0.05) is 18.6 Å². The molecule has 0 heterocycles. The molecule has 1 amide bonds. The number of carbonyl (C=O) groups is 1. The summed E-state index contributed by atoms with van der Waals surface area (Å²) in [5.41, 5.74) is 1.08. The zero-order valence-electron chi connectivity index (χ0n) is 11.2. The maximum absolute atomic E-state index is 13.1. The van der Waals surface area contributed by atoms with Crippen LogP contribution in [0.1, 0.15) is 30.4 Å². The van der Waals surface area contributed by atoms with Gasteiger partial charge in [-0.2, -0.15) is 0 Å². The molecule has 1 saturated carbocycles. The van der Waals surface area contributed by atoms with E-state index >= 15 is 0 Å². The Kier molecular flexibility index (Phi) is 4.20. The number of halogens is 1. The molecule has 0 aliphatic heterocycles. The van der Waals surface area contributed by atoms with Crippen molar-refractivity contribution in [3.8, 4) is 0 Å². The van der Waals surface area contributed by atoms with Gasteiger partial charge in [-0.3, -0.25) is 4.79 Å². The van der Waals surface area contributed by atoms with Gasteiger partial charge in [0.05, 0.1) is 12.0 Å². The van der Waals surface area contributed by atoms with E-state index < -0.39 is 5.41 Å². The average molecular weight is 265 g/mol. The number of nitrogens with one attached hydrogen (secondary N) is 1. The minimum Gasteiger partial charge on any atom is -0.395 e. The SMILES string of the molecule is Cc1cc(CCNC(=O)C2(CO)CCC2)ccc1F. The van der Waals surface area contributed by atoms with E-state index in [-0.39, 0.29) is 18.3 Å². The van der Waals surface area contributed by atoms with Crippen molar-refractivity contribution in [3.05, 3.63) is 35.1 Å². The Balaban J connectivity index is 1.83. The zero-order chi connectivity index (χ0) is 13.9. The number of hydrogen-bond donors (Lipinski definition) is 2. The Morgan fingerprint density at radius 2 is 2.21 bits per heavy atom. The molecule has 1 aliphatic rings. The lowest BCUT2D eigenvalue weighted by atomic mass is 9.68. The summed E-state index contributed by atoms with van der Waals surface area (Å²) in [5.74, 6) is -0.262. The molecular weight excluding hydrogens is 245 g/mol. The standard InChI is InChI=1S/C15H20FNO2/c1-11-9-12(3-4-13(11)16)5-8-17-14(19)15(10-18)6-2-7-15/h3-4,9,18H,2,5-8,10H2,1H3,(H,17,19). The Hall–Kier alpha value is -1.42. The molecule has 1 fully saturated rings. The van der Waals surface area contributed by atoms with Crippen molar-refractivity contribution in [1.82, 2.24) is 5.32 Å².